The van der Waals surface area contributed by atoms with Gasteiger partial charge in [0.2, 0.25) is 5.95 Å². The molecular formula is C21H21ClN4. The van der Waals surface area contributed by atoms with E-state index in [1.807, 2.05) is 38.1 Å². The first-order valence-electron chi connectivity index (χ1n) is 8.79. The third kappa shape index (κ3) is 3.51. The first kappa shape index (κ1) is 16.9. The van der Waals surface area contributed by atoms with Gasteiger partial charge in [0, 0.05) is 35.6 Å². The minimum atomic E-state index is 0.736. The molecular weight excluding hydrogens is 344 g/mol. The lowest BCUT2D eigenvalue weighted by molar-refractivity contribution is 0.706. The molecule has 0 saturated heterocycles. The molecule has 0 radical (unpaired) electrons. The van der Waals surface area contributed by atoms with Crippen LogP contribution in [0.15, 0.2) is 48.5 Å². The van der Waals surface area contributed by atoms with Crippen molar-refractivity contribution in [1.82, 2.24) is 9.97 Å². The maximum Gasteiger partial charge on any atom is 0.227 e. The molecule has 3 aromatic rings. The van der Waals surface area contributed by atoms with Gasteiger partial charge in [0.05, 0.1) is 0 Å². The number of benzene rings is 2. The number of aromatic nitrogens is 2. The second kappa shape index (κ2) is 6.96. The fraction of sp³-hybridized carbons (Fsp3) is 0.238. The van der Waals surface area contributed by atoms with Gasteiger partial charge < -0.3 is 10.2 Å². The summed E-state index contributed by atoms with van der Waals surface area (Å²) in [6.07, 6.45) is 1.02. The second-order valence-corrected chi connectivity index (χ2v) is 7.16. The molecule has 0 saturated carbocycles. The van der Waals surface area contributed by atoms with Crippen LogP contribution in [-0.2, 0) is 13.0 Å². The molecule has 4 nitrogen and oxygen atoms in total. The lowest BCUT2D eigenvalue weighted by atomic mass is 10.0. The minimum absolute atomic E-state index is 0.736. The SMILES string of the molecule is Cc1cc(Nc2ccc(Cl)cc2C)nc(N2CCc3ccccc3C2)n1. The van der Waals surface area contributed by atoms with Crippen LogP contribution in [0.1, 0.15) is 22.4 Å². The van der Waals surface area contributed by atoms with Crippen molar-refractivity contribution in [1.29, 1.82) is 0 Å². The van der Waals surface area contributed by atoms with Gasteiger partial charge >= 0.3 is 0 Å². The van der Waals surface area contributed by atoms with Crippen molar-refractivity contribution in [2.45, 2.75) is 26.8 Å². The Morgan fingerprint density at radius 1 is 1.00 bits per heavy atom. The quantitative estimate of drug-likeness (QED) is 0.705. The normalized spacial score (nSPS) is 13.4. The van der Waals surface area contributed by atoms with Crippen LogP contribution in [0.3, 0.4) is 0 Å². The standard InChI is InChI=1S/C21H21ClN4/c1-14-11-18(22)7-8-19(14)24-20-12-15(2)23-21(25-20)26-10-9-16-5-3-4-6-17(16)13-26/h3-8,11-12H,9-10,13H2,1-2H3,(H,23,24,25). The fourth-order valence-electron chi connectivity index (χ4n) is 3.33. The van der Waals surface area contributed by atoms with Crippen LogP contribution < -0.4 is 10.2 Å². The lowest BCUT2D eigenvalue weighted by Crippen LogP contribution is -2.32. The van der Waals surface area contributed by atoms with Crippen LogP contribution in [0.2, 0.25) is 5.02 Å². The Balaban J connectivity index is 1.61. The summed E-state index contributed by atoms with van der Waals surface area (Å²) >= 11 is 6.05. The molecule has 1 N–H and O–H groups in total. The van der Waals surface area contributed by atoms with Crippen molar-refractivity contribution in [3.8, 4) is 0 Å². The summed E-state index contributed by atoms with van der Waals surface area (Å²) in [6.45, 7) is 5.81. The van der Waals surface area contributed by atoms with Gasteiger partial charge in [-0.15, -0.1) is 0 Å². The highest BCUT2D eigenvalue weighted by atomic mass is 35.5. The molecule has 5 heteroatoms. The Morgan fingerprint density at radius 2 is 1.81 bits per heavy atom. The summed E-state index contributed by atoms with van der Waals surface area (Å²) in [5.41, 5.74) is 5.81. The van der Waals surface area contributed by atoms with E-state index >= 15 is 0 Å². The highest BCUT2D eigenvalue weighted by Gasteiger charge is 2.19. The van der Waals surface area contributed by atoms with Crippen LogP contribution in [-0.4, -0.2) is 16.5 Å². The average molecular weight is 365 g/mol. The maximum absolute atomic E-state index is 6.05. The molecule has 132 valence electrons. The Hall–Kier alpha value is -2.59. The fourth-order valence-corrected chi connectivity index (χ4v) is 3.56. The molecule has 1 aromatic heterocycles. The zero-order valence-electron chi connectivity index (χ0n) is 15.0. The van der Waals surface area contributed by atoms with Gasteiger partial charge in [-0.1, -0.05) is 35.9 Å². The number of aryl methyl sites for hydroxylation is 2. The molecule has 26 heavy (non-hydrogen) atoms. The number of halogens is 1. The first-order chi connectivity index (χ1) is 12.6. The van der Waals surface area contributed by atoms with E-state index < -0.39 is 0 Å². The van der Waals surface area contributed by atoms with E-state index in [1.165, 1.54) is 11.1 Å². The molecule has 0 amide bonds. The molecule has 0 unspecified atom stereocenters. The zero-order valence-corrected chi connectivity index (χ0v) is 15.7. The number of hydrogen-bond acceptors (Lipinski definition) is 4. The van der Waals surface area contributed by atoms with Crippen LogP contribution in [0, 0.1) is 13.8 Å². The molecule has 1 aliphatic rings. The van der Waals surface area contributed by atoms with Gasteiger partial charge in [0.25, 0.3) is 0 Å². The topological polar surface area (TPSA) is 41.1 Å². The number of rotatable bonds is 3. The average Bonchev–Trinajstić information content (AvgIpc) is 2.63. The van der Waals surface area contributed by atoms with Crippen LogP contribution in [0.5, 0.6) is 0 Å². The highest BCUT2D eigenvalue weighted by Crippen LogP contribution is 2.26. The largest absolute Gasteiger partial charge is 0.340 e. The molecule has 0 spiro atoms. The monoisotopic (exact) mass is 364 g/mol. The Labute approximate surface area is 158 Å². The molecule has 0 fully saturated rings. The number of anilines is 3. The summed E-state index contributed by atoms with van der Waals surface area (Å²) in [5.74, 6) is 1.57. The van der Waals surface area contributed by atoms with Gasteiger partial charge in [-0.2, -0.15) is 4.98 Å². The number of fused-ring (bicyclic) bond motifs is 1. The van der Waals surface area contributed by atoms with E-state index in [1.54, 1.807) is 0 Å². The van der Waals surface area contributed by atoms with Crippen LogP contribution in [0.25, 0.3) is 0 Å². The number of nitrogens with one attached hydrogen (secondary N) is 1. The summed E-state index contributed by atoms with van der Waals surface area (Å²) in [5, 5.41) is 4.14. The molecule has 0 atom stereocenters. The van der Waals surface area contributed by atoms with Gasteiger partial charge in [-0.05, 0) is 55.2 Å². The highest BCUT2D eigenvalue weighted by molar-refractivity contribution is 6.30. The smallest absolute Gasteiger partial charge is 0.227 e. The lowest BCUT2D eigenvalue weighted by Gasteiger charge is -2.29. The van der Waals surface area contributed by atoms with Crippen LogP contribution in [0.4, 0.5) is 17.5 Å². The van der Waals surface area contributed by atoms with Gasteiger partial charge in [0.15, 0.2) is 0 Å². The van der Waals surface area contributed by atoms with Crippen LogP contribution >= 0.6 is 11.6 Å². The molecule has 2 heterocycles. The Bertz CT molecular complexity index is 954. The molecule has 0 aliphatic carbocycles. The van der Waals surface area contributed by atoms with Gasteiger partial charge in [0.1, 0.15) is 5.82 Å². The van der Waals surface area contributed by atoms with Crippen molar-refractivity contribution in [2.75, 3.05) is 16.8 Å². The minimum Gasteiger partial charge on any atom is -0.340 e. The second-order valence-electron chi connectivity index (χ2n) is 6.72. The van der Waals surface area contributed by atoms with Crippen molar-refractivity contribution < 1.29 is 0 Å². The first-order valence-corrected chi connectivity index (χ1v) is 9.17. The predicted molar refractivity (Wildman–Crippen MR) is 107 cm³/mol. The Morgan fingerprint density at radius 3 is 2.62 bits per heavy atom. The van der Waals surface area contributed by atoms with E-state index in [2.05, 4.69) is 39.5 Å². The van der Waals surface area contributed by atoms with E-state index in [-0.39, 0.29) is 0 Å². The molecule has 2 aromatic carbocycles. The Kier molecular flexibility index (Phi) is 4.51. The van der Waals surface area contributed by atoms with E-state index in [0.29, 0.717) is 0 Å². The van der Waals surface area contributed by atoms with Crippen molar-refractivity contribution in [3.05, 3.63) is 75.9 Å². The summed E-state index contributed by atoms with van der Waals surface area (Å²) in [4.78, 5) is 11.7. The summed E-state index contributed by atoms with van der Waals surface area (Å²) < 4.78 is 0. The van der Waals surface area contributed by atoms with E-state index in [9.17, 15) is 0 Å². The van der Waals surface area contributed by atoms with Gasteiger partial charge in [-0.3, -0.25) is 0 Å². The maximum atomic E-state index is 6.05. The summed E-state index contributed by atoms with van der Waals surface area (Å²) in [6, 6.07) is 16.4. The zero-order chi connectivity index (χ0) is 18.1. The number of nitrogens with zero attached hydrogens (tertiary/aromatic N) is 3. The van der Waals surface area contributed by atoms with Crippen molar-refractivity contribution in [3.63, 3.8) is 0 Å². The predicted octanol–water partition coefficient (Wildman–Crippen LogP) is 5.05. The van der Waals surface area contributed by atoms with Crippen molar-refractivity contribution >= 4 is 29.1 Å². The molecule has 1 aliphatic heterocycles. The van der Waals surface area contributed by atoms with E-state index in [0.717, 1.165) is 53.2 Å². The third-order valence-corrected chi connectivity index (χ3v) is 4.94. The third-order valence-electron chi connectivity index (χ3n) is 4.71. The van der Waals surface area contributed by atoms with Gasteiger partial charge in [-0.25, -0.2) is 4.98 Å². The van der Waals surface area contributed by atoms with E-state index in [4.69, 9.17) is 16.6 Å². The molecule has 4 rings (SSSR count). The molecule has 0 bridgehead atoms. The summed E-state index contributed by atoms with van der Waals surface area (Å²) in [7, 11) is 0. The van der Waals surface area contributed by atoms with Crippen molar-refractivity contribution in [2.24, 2.45) is 0 Å². The number of hydrogen-bond donors (Lipinski definition) is 1.